The molecule has 0 aromatic carbocycles. The quantitative estimate of drug-likeness (QED) is 0.701. The molecule has 0 aliphatic rings. The SMILES string of the molecule is CCCCO.Cl.Cl.Cl.Cl.Cl.[W]. The van der Waals surface area contributed by atoms with Gasteiger partial charge in [-0.25, -0.2) is 0 Å². The van der Waals surface area contributed by atoms with Crippen molar-refractivity contribution in [2.45, 2.75) is 19.8 Å². The Balaban J connectivity index is -0.00000000533. The summed E-state index contributed by atoms with van der Waals surface area (Å²) < 4.78 is 0. The summed E-state index contributed by atoms with van der Waals surface area (Å²) in [5.41, 5.74) is 0. The largest absolute Gasteiger partial charge is 0.396 e. The van der Waals surface area contributed by atoms with Gasteiger partial charge in [0.05, 0.1) is 0 Å². The maximum Gasteiger partial charge on any atom is 0.0430 e. The van der Waals surface area contributed by atoms with Crippen molar-refractivity contribution in [3.8, 4) is 0 Å². The number of rotatable bonds is 2. The minimum absolute atomic E-state index is 0. The number of aliphatic hydroxyl groups excluding tert-OH is 1. The van der Waals surface area contributed by atoms with Gasteiger partial charge in [-0.3, -0.25) is 0 Å². The van der Waals surface area contributed by atoms with Crippen LogP contribution >= 0.6 is 62.0 Å². The van der Waals surface area contributed by atoms with Crippen molar-refractivity contribution in [2.75, 3.05) is 6.61 Å². The van der Waals surface area contributed by atoms with Crippen LogP contribution in [-0.4, -0.2) is 11.7 Å². The third kappa shape index (κ3) is 73.5. The van der Waals surface area contributed by atoms with E-state index in [2.05, 4.69) is 6.92 Å². The van der Waals surface area contributed by atoms with Crippen LogP contribution in [0.3, 0.4) is 0 Å². The van der Waals surface area contributed by atoms with Crippen LogP contribution in [0.1, 0.15) is 19.8 Å². The normalized spacial score (nSPS) is 3.82. The Morgan fingerprint density at radius 1 is 0.909 bits per heavy atom. The number of hydrogen-bond acceptors (Lipinski definition) is 1. The molecule has 1 nitrogen and oxygen atoms in total. The Bertz CT molecular complexity index is 26.0. The van der Waals surface area contributed by atoms with E-state index in [-0.39, 0.29) is 83.1 Å². The molecule has 0 rings (SSSR count). The fourth-order valence-corrected chi connectivity index (χ4v) is 0.158. The molecule has 0 aromatic heterocycles. The van der Waals surface area contributed by atoms with Crippen LogP contribution in [0.25, 0.3) is 0 Å². The van der Waals surface area contributed by atoms with Crippen molar-refractivity contribution in [3.05, 3.63) is 0 Å². The Kier molecular flexibility index (Phi) is 269. The molecule has 1 N–H and O–H groups in total. The first-order valence-electron chi connectivity index (χ1n) is 2.02. The smallest absolute Gasteiger partial charge is 0.0430 e. The van der Waals surface area contributed by atoms with Crippen molar-refractivity contribution in [1.82, 2.24) is 0 Å². The predicted molar refractivity (Wildman–Crippen MR) is 58.2 cm³/mol. The summed E-state index contributed by atoms with van der Waals surface area (Å²) in [6.07, 6.45) is 2.04. The van der Waals surface area contributed by atoms with Crippen molar-refractivity contribution in [2.24, 2.45) is 0 Å². The summed E-state index contributed by atoms with van der Waals surface area (Å²) >= 11 is 0. The molecular formula is C4H15Cl5OW. The number of halogens is 5. The fourth-order valence-electron chi connectivity index (χ4n) is 0.158. The van der Waals surface area contributed by atoms with Crippen LogP contribution in [0, 0.1) is 0 Å². The van der Waals surface area contributed by atoms with Gasteiger partial charge in [-0.2, -0.15) is 0 Å². The topological polar surface area (TPSA) is 20.2 Å². The van der Waals surface area contributed by atoms with Crippen LogP contribution in [0.4, 0.5) is 0 Å². The van der Waals surface area contributed by atoms with Crippen LogP contribution in [0.5, 0.6) is 0 Å². The van der Waals surface area contributed by atoms with Crippen LogP contribution in [-0.2, 0) is 21.1 Å². The van der Waals surface area contributed by atoms with Crippen molar-refractivity contribution >= 4 is 62.0 Å². The number of aliphatic hydroxyl groups is 1. The van der Waals surface area contributed by atoms with Gasteiger partial charge in [0.2, 0.25) is 0 Å². The molecule has 0 atom stereocenters. The molecule has 0 radical (unpaired) electrons. The van der Waals surface area contributed by atoms with Crippen molar-refractivity contribution in [1.29, 1.82) is 0 Å². The molecule has 11 heavy (non-hydrogen) atoms. The zero-order valence-corrected chi connectivity index (χ0v) is 13.0. The third-order valence-corrected chi connectivity index (χ3v) is 0.512. The maximum absolute atomic E-state index is 8.07. The van der Waals surface area contributed by atoms with E-state index in [1.54, 1.807) is 0 Å². The molecule has 0 spiro atoms. The minimum atomic E-state index is 0. The van der Waals surface area contributed by atoms with Crippen LogP contribution in [0.15, 0.2) is 0 Å². The van der Waals surface area contributed by atoms with E-state index in [1.165, 1.54) is 0 Å². The molecule has 0 saturated carbocycles. The zero-order valence-electron chi connectivity index (χ0n) is 6.02. The van der Waals surface area contributed by atoms with E-state index in [9.17, 15) is 0 Å². The number of unbranched alkanes of at least 4 members (excludes halogenated alkanes) is 1. The van der Waals surface area contributed by atoms with Gasteiger partial charge in [-0.05, 0) is 6.42 Å². The summed E-state index contributed by atoms with van der Waals surface area (Å²) in [4.78, 5) is 0. The van der Waals surface area contributed by atoms with E-state index < -0.39 is 0 Å². The summed E-state index contributed by atoms with van der Waals surface area (Å²) in [6.45, 7) is 2.40. The van der Waals surface area contributed by atoms with Crippen LogP contribution in [0.2, 0.25) is 0 Å². The average Bonchev–Trinajstić information content (AvgIpc) is 1.41. The summed E-state index contributed by atoms with van der Waals surface area (Å²) in [7, 11) is 0. The first-order valence-corrected chi connectivity index (χ1v) is 2.02. The van der Waals surface area contributed by atoms with Gasteiger partial charge in [-0.1, -0.05) is 13.3 Å². The molecule has 0 heterocycles. The molecule has 78 valence electrons. The van der Waals surface area contributed by atoms with E-state index in [0.717, 1.165) is 12.8 Å². The van der Waals surface area contributed by atoms with Gasteiger partial charge in [0.1, 0.15) is 0 Å². The summed E-state index contributed by atoms with van der Waals surface area (Å²) in [5, 5.41) is 8.07. The molecule has 7 heteroatoms. The Hall–Kier alpha value is 2.10. The molecule has 0 bridgehead atoms. The van der Waals surface area contributed by atoms with Crippen molar-refractivity contribution in [3.63, 3.8) is 0 Å². The molecular weight excluding hydrogens is 425 g/mol. The molecule has 0 fully saturated rings. The monoisotopic (exact) mass is 438 g/mol. The van der Waals surface area contributed by atoms with E-state index in [1.807, 2.05) is 0 Å². The maximum atomic E-state index is 8.07. The second-order valence-corrected chi connectivity index (χ2v) is 1.08. The standard InChI is InChI=1S/C4H10O.5ClH.W/c1-2-3-4-5;;;;;;/h5H,2-4H2,1H3;5*1H;. The van der Waals surface area contributed by atoms with E-state index in [0.29, 0.717) is 6.61 Å². The molecule has 0 saturated heterocycles. The molecule has 0 aliphatic heterocycles. The second-order valence-electron chi connectivity index (χ2n) is 1.08. The van der Waals surface area contributed by atoms with Crippen LogP contribution < -0.4 is 0 Å². The Morgan fingerprint density at radius 3 is 1.18 bits per heavy atom. The van der Waals surface area contributed by atoms with Gasteiger partial charge in [0.15, 0.2) is 0 Å². The number of hydrogen-bond donors (Lipinski definition) is 1. The second kappa shape index (κ2) is 57.3. The van der Waals surface area contributed by atoms with Gasteiger partial charge >= 0.3 is 0 Å². The fraction of sp³-hybridized carbons (Fsp3) is 1.00. The summed E-state index contributed by atoms with van der Waals surface area (Å²) in [6, 6.07) is 0. The summed E-state index contributed by atoms with van der Waals surface area (Å²) in [5.74, 6) is 0. The van der Waals surface area contributed by atoms with E-state index in [4.69, 9.17) is 5.11 Å². The molecule has 0 aliphatic carbocycles. The first kappa shape index (κ1) is 51.6. The van der Waals surface area contributed by atoms with Crippen molar-refractivity contribution < 1.29 is 26.2 Å². The van der Waals surface area contributed by atoms with Gasteiger partial charge in [-0.15, -0.1) is 62.0 Å². The molecule has 0 amide bonds. The van der Waals surface area contributed by atoms with Gasteiger partial charge in [0.25, 0.3) is 0 Å². The minimum Gasteiger partial charge on any atom is -0.396 e. The van der Waals surface area contributed by atoms with Gasteiger partial charge in [0, 0.05) is 27.7 Å². The zero-order chi connectivity index (χ0) is 4.12. The Labute approximate surface area is 114 Å². The Morgan fingerprint density at radius 2 is 1.18 bits per heavy atom. The molecule has 0 aromatic rings. The van der Waals surface area contributed by atoms with Gasteiger partial charge < -0.3 is 5.11 Å². The molecule has 0 unspecified atom stereocenters. The predicted octanol–water partition coefficient (Wildman–Crippen LogP) is 2.89. The third-order valence-electron chi connectivity index (χ3n) is 0.512. The van der Waals surface area contributed by atoms with E-state index >= 15 is 0 Å². The first-order chi connectivity index (χ1) is 2.41. The average molecular weight is 440 g/mol.